The van der Waals surface area contributed by atoms with Crippen LogP contribution in [-0.4, -0.2) is 46.1 Å². The summed E-state index contributed by atoms with van der Waals surface area (Å²) in [4.78, 5) is 24.5. The van der Waals surface area contributed by atoms with Crippen molar-refractivity contribution in [1.29, 1.82) is 0 Å². The highest BCUT2D eigenvalue weighted by atomic mass is 19.1. The number of hydrogen-bond donors (Lipinski definition) is 2. The molecule has 0 saturated carbocycles. The van der Waals surface area contributed by atoms with Crippen molar-refractivity contribution in [3.05, 3.63) is 24.4 Å². The van der Waals surface area contributed by atoms with Gasteiger partial charge in [0.2, 0.25) is 5.91 Å². The van der Waals surface area contributed by atoms with E-state index in [2.05, 4.69) is 15.7 Å². The number of carbonyl (C=O) groups is 2. The summed E-state index contributed by atoms with van der Waals surface area (Å²) in [6.07, 6.45) is 0.0404. The lowest BCUT2D eigenvalue weighted by Gasteiger charge is -2.19. The minimum atomic E-state index is -1.01. The van der Waals surface area contributed by atoms with Crippen molar-refractivity contribution >= 4 is 28.6 Å². The van der Waals surface area contributed by atoms with E-state index in [1.54, 1.807) is 39.0 Å². The number of hydrogen-bond acceptors (Lipinski definition) is 5. The third kappa shape index (κ3) is 3.79. The Balaban J connectivity index is 1.84. The van der Waals surface area contributed by atoms with Crippen LogP contribution in [0.4, 0.5) is 14.9 Å². The standard InChI is InChI=1S/C17H21FN4O3/c1-17(2,3)25-16(24)22-14-6-4-5-12(11(14)9-20-22)21-15(23)13-7-10(18)8-19-13/h4-6,9-10,13,19H,7-8H2,1-3H3,(H,21,23)/t10-,13-/m1/s1. The number of anilines is 1. The zero-order valence-electron chi connectivity index (χ0n) is 14.4. The van der Waals surface area contributed by atoms with E-state index < -0.39 is 23.9 Å². The summed E-state index contributed by atoms with van der Waals surface area (Å²) in [7, 11) is 0. The quantitative estimate of drug-likeness (QED) is 0.871. The fourth-order valence-electron chi connectivity index (χ4n) is 2.72. The first-order chi connectivity index (χ1) is 11.7. The normalized spacial score (nSPS) is 20.6. The number of aromatic nitrogens is 2. The number of fused-ring (bicyclic) bond motifs is 1. The molecule has 2 heterocycles. The topological polar surface area (TPSA) is 85.2 Å². The van der Waals surface area contributed by atoms with Gasteiger partial charge in [0.15, 0.2) is 0 Å². The first-order valence-corrected chi connectivity index (χ1v) is 8.13. The number of rotatable bonds is 2. The molecule has 1 aliphatic rings. The Hall–Kier alpha value is -2.48. The van der Waals surface area contributed by atoms with Crippen LogP contribution in [0.5, 0.6) is 0 Å². The third-order valence-corrected chi connectivity index (χ3v) is 3.83. The van der Waals surface area contributed by atoms with Gasteiger partial charge in [-0.05, 0) is 32.9 Å². The summed E-state index contributed by atoms with van der Waals surface area (Å²) in [5.74, 6) is -0.308. The first kappa shape index (κ1) is 17.3. The number of amides is 1. The molecule has 7 nitrogen and oxygen atoms in total. The van der Waals surface area contributed by atoms with Crippen LogP contribution in [0.25, 0.3) is 10.9 Å². The Morgan fingerprint density at radius 2 is 2.16 bits per heavy atom. The van der Waals surface area contributed by atoms with Crippen molar-refractivity contribution in [3.63, 3.8) is 0 Å². The van der Waals surface area contributed by atoms with Gasteiger partial charge in [0.25, 0.3) is 0 Å². The highest BCUT2D eigenvalue weighted by molar-refractivity contribution is 6.04. The summed E-state index contributed by atoms with van der Waals surface area (Å²) in [5, 5.41) is 10.3. The van der Waals surface area contributed by atoms with Gasteiger partial charge in [0.1, 0.15) is 11.8 Å². The van der Waals surface area contributed by atoms with Gasteiger partial charge in [-0.2, -0.15) is 9.78 Å². The van der Waals surface area contributed by atoms with E-state index in [-0.39, 0.29) is 18.9 Å². The van der Waals surface area contributed by atoms with Crippen LogP contribution in [0.3, 0.4) is 0 Å². The molecule has 8 heteroatoms. The maximum absolute atomic E-state index is 13.2. The van der Waals surface area contributed by atoms with Crippen molar-refractivity contribution in [1.82, 2.24) is 15.1 Å². The van der Waals surface area contributed by atoms with E-state index in [0.29, 0.717) is 16.6 Å². The molecule has 2 aromatic rings. The predicted octanol–water partition coefficient (Wildman–Crippen LogP) is 2.46. The number of ether oxygens (including phenoxy) is 1. The third-order valence-electron chi connectivity index (χ3n) is 3.83. The van der Waals surface area contributed by atoms with Gasteiger partial charge in [0, 0.05) is 18.4 Å². The number of nitrogens with one attached hydrogen (secondary N) is 2. The Morgan fingerprint density at radius 3 is 2.80 bits per heavy atom. The highest BCUT2D eigenvalue weighted by Gasteiger charge is 2.29. The molecule has 3 rings (SSSR count). The molecule has 25 heavy (non-hydrogen) atoms. The second-order valence-corrected chi connectivity index (χ2v) is 7.06. The molecule has 1 aliphatic heterocycles. The fraction of sp³-hybridized carbons (Fsp3) is 0.471. The van der Waals surface area contributed by atoms with E-state index in [1.807, 2.05) is 0 Å². The molecule has 1 fully saturated rings. The van der Waals surface area contributed by atoms with Gasteiger partial charge >= 0.3 is 6.09 Å². The van der Waals surface area contributed by atoms with Crippen LogP contribution < -0.4 is 10.6 Å². The molecular weight excluding hydrogens is 327 g/mol. The molecule has 1 aromatic heterocycles. The first-order valence-electron chi connectivity index (χ1n) is 8.13. The van der Waals surface area contributed by atoms with Crippen LogP contribution in [0, 0.1) is 0 Å². The van der Waals surface area contributed by atoms with Gasteiger partial charge in [-0.1, -0.05) is 6.07 Å². The van der Waals surface area contributed by atoms with Crippen molar-refractivity contribution in [2.75, 3.05) is 11.9 Å². The van der Waals surface area contributed by atoms with Gasteiger partial charge < -0.3 is 15.4 Å². The summed E-state index contributed by atoms with van der Waals surface area (Å²) in [6, 6.07) is 4.57. The maximum Gasteiger partial charge on any atom is 0.435 e. The van der Waals surface area contributed by atoms with Crippen LogP contribution >= 0.6 is 0 Å². The molecule has 1 saturated heterocycles. The SMILES string of the molecule is CC(C)(C)OC(=O)n1ncc2c(NC(=O)[C@H]3C[C@@H](F)CN3)cccc21. The second kappa shape index (κ2) is 6.44. The summed E-state index contributed by atoms with van der Waals surface area (Å²) < 4.78 is 19.7. The van der Waals surface area contributed by atoms with Crippen LogP contribution in [0.1, 0.15) is 27.2 Å². The molecule has 2 atom stereocenters. The molecule has 1 amide bonds. The lowest BCUT2D eigenvalue weighted by Crippen LogP contribution is -2.35. The summed E-state index contributed by atoms with van der Waals surface area (Å²) in [5.41, 5.74) is 0.398. The molecule has 0 bridgehead atoms. The average molecular weight is 348 g/mol. The maximum atomic E-state index is 13.2. The Labute approximate surface area is 144 Å². The molecule has 0 spiro atoms. The van der Waals surface area contributed by atoms with E-state index in [0.717, 1.165) is 4.68 Å². The lowest BCUT2D eigenvalue weighted by atomic mass is 10.1. The minimum Gasteiger partial charge on any atom is -0.442 e. The van der Waals surface area contributed by atoms with Crippen molar-refractivity contribution in [2.24, 2.45) is 0 Å². The molecule has 0 aliphatic carbocycles. The predicted molar refractivity (Wildman–Crippen MR) is 91.3 cm³/mol. The second-order valence-electron chi connectivity index (χ2n) is 7.06. The average Bonchev–Trinajstić information content (AvgIpc) is 3.12. The van der Waals surface area contributed by atoms with Crippen molar-refractivity contribution < 1.29 is 18.7 Å². The number of nitrogens with zero attached hydrogens (tertiary/aromatic N) is 2. The van der Waals surface area contributed by atoms with E-state index in [4.69, 9.17) is 4.74 Å². The zero-order valence-corrected chi connectivity index (χ0v) is 14.4. The monoisotopic (exact) mass is 348 g/mol. The zero-order chi connectivity index (χ0) is 18.2. The van der Waals surface area contributed by atoms with Crippen LogP contribution in [0.15, 0.2) is 24.4 Å². The summed E-state index contributed by atoms with van der Waals surface area (Å²) in [6.45, 7) is 5.50. The Morgan fingerprint density at radius 1 is 1.40 bits per heavy atom. The van der Waals surface area contributed by atoms with Gasteiger partial charge in [-0.3, -0.25) is 4.79 Å². The van der Waals surface area contributed by atoms with Crippen LogP contribution in [0.2, 0.25) is 0 Å². The number of halogens is 1. The van der Waals surface area contributed by atoms with Gasteiger partial charge in [-0.15, -0.1) is 0 Å². The molecule has 0 radical (unpaired) electrons. The number of benzene rings is 1. The Bertz CT molecular complexity index is 812. The summed E-state index contributed by atoms with van der Waals surface area (Å²) >= 11 is 0. The van der Waals surface area contributed by atoms with E-state index in [1.165, 1.54) is 6.20 Å². The number of carbonyl (C=O) groups excluding carboxylic acids is 2. The molecule has 0 unspecified atom stereocenters. The number of alkyl halides is 1. The molecule has 1 aromatic carbocycles. The van der Waals surface area contributed by atoms with Gasteiger partial charge in [0.05, 0.1) is 23.4 Å². The van der Waals surface area contributed by atoms with Crippen molar-refractivity contribution in [3.8, 4) is 0 Å². The molecule has 2 N–H and O–H groups in total. The van der Waals surface area contributed by atoms with E-state index >= 15 is 0 Å². The highest BCUT2D eigenvalue weighted by Crippen LogP contribution is 2.24. The largest absolute Gasteiger partial charge is 0.442 e. The minimum absolute atomic E-state index is 0.152. The smallest absolute Gasteiger partial charge is 0.435 e. The van der Waals surface area contributed by atoms with Crippen LogP contribution in [-0.2, 0) is 9.53 Å². The molecular formula is C17H21FN4O3. The Kier molecular flexibility index (Phi) is 4.47. The fourth-order valence-corrected chi connectivity index (χ4v) is 2.72. The van der Waals surface area contributed by atoms with Gasteiger partial charge in [-0.25, -0.2) is 9.18 Å². The molecule has 134 valence electrons. The van der Waals surface area contributed by atoms with E-state index in [9.17, 15) is 14.0 Å². The van der Waals surface area contributed by atoms with Crippen molar-refractivity contribution in [2.45, 2.75) is 45.0 Å². The lowest BCUT2D eigenvalue weighted by molar-refractivity contribution is -0.117.